The van der Waals surface area contributed by atoms with E-state index in [4.69, 9.17) is 4.74 Å². The average Bonchev–Trinajstić information content (AvgIpc) is 3.25. The lowest BCUT2D eigenvalue weighted by Gasteiger charge is -2.13. The first-order chi connectivity index (χ1) is 12.9. The van der Waals surface area contributed by atoms with Crippen LogP contribution in [-0.2, 0) is 12.8 Å². The van der Waals surface area contributed by atoms with Crippen LogP contribution in [0.25, 0.3) is 10.2 Å². The van der Waals surface area contributed by atoms with Crippen LogP contribution >= 0.6 is 11.3 Å². The fourth-order valence-electron chi connectivity index (χ4n) is 3.43. The van der Waals surface area contributed by atoms with Crippen LogP contribution in [0.1, 0.15) is 16.9 Å². The maximum Gasteiger partial charge on any atom is 0.150 e. The van der Waals surface area contributed by atoms with Gasteiger partial charge in [0.15, 0.2) is 5.75 Å². The van der Waals surface area contributed by atoms with Crippen molar-refractivity contribution < 1.29 is 4.74 Å². The maximum absolute atomic E-state index is 6.06. The highest BCUT2D eigenvalue weighted by molar-refractivity contribution is 7.19. The van der Waals surface area contributed by atoms with E-state index in [1.807, 2.05) is 54.6 Å². The van der Waals surface area contributed by atoms with E-state index in [1.54, 1.807) is 17.7 Å². The molecule has 26 heavy (non-hydrogen) atoms. The standard InChI is InChI=1S/C21H17N3OS/c1-2-7-14(8-3-1)25-17-11-5-4-10-16(17)24-20-19-15-9-6-12-18(15)26-21(19)23-13-22-20/h1-5,7-8,10-11,13H,6,9,12H2,(H,22,23,24). The summed E-state index contributed by atoms with van der Waals surface area (Å²) in [7, 11) is 0. The van der Waals surface area contributed by atoms with Crippen molar-refractivity contribution >= 4 is 33.1 Å². The quantitative estimate of drug-likeness (QED) is 0.506. The zero-order valence-electron chi connectivity index (χ0n) is 14.1. The van der Waals surface area contributed by atoms with E-state index >= 15 is 0 Å². The zero-order chi connectivity index (χ0) is 17.3. The van der Waals surface area contributed by atoms with Crippen LogP contribution in [0.3, 0.4) is 0 Å². The molecule has 4 aromatic rings. The topological polar surface area (TPSA) is 47.0 Å². The second-order valence-electron chi connectivity index (χ2n) is 6.30. The van der Waals surface area contributed by atoms with Gasteiger partial charge in [-0.3, -0.25) is 0 Å². The number of nitrogens with zero attached hydrogens (tertiary/aromatic N) is 2. The van der Waals surface area contributed by atoms with Crippen LogP contribution in [0.5, 0.6) is 11.5 Å². The summed E-state index contributed by atoms with van der Waals surface area (Å²) >= 11 is 1.80. The van der Waals surface area contributed by atoms with Crippen molar-refractivity contribution in [3.63, 3.8) is 0 Å². The maximum atomic E-state index is 6.06. The highest BCUT2D eigenvalue weighted by Crippen LogP contribution is 2.40. The van der Waals surface area contributed by atoms with E-state index in [9.17, 15) is 0 Å². The molecule has 0 amide bonds. The summed E-state index contributed by atoms with van der Waals surface area (Å²) in [5.74, 6) is 2.45. The van der Waals surface area contributed by atoms with Crippen molar-refractivity contribution in [1.82, 2.24) is 9.97 Å². The molecule has 1 aliphatic carbocycles. The highest BCUT2D eigenvalue weighted by atomic mass is 32.1. The second-order valence-corrected chi connectivity index (χ2v) is 7.38. The van der Waals surface area contributed by atoms with Gasteiger partial charge in [-0.2, -0.15) is 0 Å². The van der Waals surface area contributed by atoms with E-state index in [0.29, 0.717) is 0 Å². The van der Waals surface area contributed by atoms with Crippen LogP contribution in [0.2, 0.25) is 0 Å². The SMILES string of the molecule is c1ccc(Oc2ccccc2Nc2ncnc3sc4c(c23)CCC4)cc1. The summed E-state index contributed by atoms with van der Waals surface area (Å²) in [6.45, 7) is 0. The predicted molar refractivity (Wildman–Crippen MR) is 106 cm³/mol. The van der Waals surface area contributed by atoms with Crippen LogP contribution in [-0.4, -0.2) is 9.97 Å². The first kappa shape index (κ1) is 15.3. The number of aromatic nitrogens is 2. The molecule has 0 unspecified atom stereocenters. The molecule has 0 saturated heterocycles. The van der Waals surface area contributed by atoms with Crippen LogP contribution in [0.4, 0.5) is 11.5 Å². The van der Waals surface area contributed by atoms with Crippen molar-refractivity contribution in [3.8, 4) is 11.5 Å². The zero-order valence-corrected chi connectivity index (χ0v) is 14.9. The Balaban J connectivity index is 1.54. The van der Waals surface area contributed by atoms with Gasteiger partial charge in [0.25, 0.3) is 0 Å². The van der Waals surface area contributed by atoms with Crippen LogP contribution in [0, 0.1) is 0 Å². The lowest BCUT2D eigenvalue weighted by molar-refractivity contribution is 0.485. The molecular formula is C21H17N3OS. The Morgan fingerprint density at radius 3 is 2.69 bits per heavy atom. The number of aryl methyl sites for hydroxylation is 2. The van der Waals surface area contributed by atoms with Crippen molar-refractivity contribution in [2.75, 3.05) is 5.32 Å². The Labute approximate surface area is 155 Å². The summed E-state index contributed by atoms with van der Waals surface area (Å²) in [6, 6.07) is 17.8. The number of fused-ring (bicyclic) bond motifs is 3. The second kappa shape index (κ2) is 6.42. The molecule has 0 saturated carbocycles. The number of anilines is 2. The summed E-state index contributed by atoms with van der Waals surface area (Å²) in [5, 5.41) is 4.65. The molecule has 4 nitrogen and oxygen atoms in total. The normalized spacial score (nSPS) is 12.9. The lowest BCUT2D eigenvalue weighted by Crippen LogP contribution is -1.98. The third-order valence-corrected chi connectivity index (χ3v) is 5.81. The molecule has 2 aromatic heterocycles. The Bertz CT molecular complexity index is 1080. The van der Waals surface area contributed by atoms with Crippen LogP contribution in [0.15, 0.2) is 60.9 Å². The van der Waals surface area contributed by atoms with Gasteiger partial charge >= 0.3 is 0 Å². The molecule has 0 fully saturated rings. The summed E-state index contributed by atoms with van der Waals surface area (Å²) < 4.78 is 6.06. The van der Waals surface area contributed by atoms with Gasteiger partial charge in [0.1, 0.15) is 22.7 Å². The predicted octanol–water partition coefficient (Wildman–Crippen LogP) is 5.72. The minimum absolute atomic E-state index is 0.775. The molecule has 0 radical (unpaired) electrons. The van der Waals surface area contributed by atoms with Crippen molar-refractivity contribution in [1.29, 1.82) is 0 Å². The van der Waals surface area contributed by atoms with E-state index in [2.05, 4.69) is 15.3 Å². The number of ether oxygens (including phenoxy) is 1. The van der Waals surface area contributed by atoms with Crippen molar-refractivity contribution in [3.05, 3.63) is 71.4 Å². The summed E-state index contributed by atoms with van der Waals surface area (Å²) in [6.07, 6.45) is 5.12. The largest absolute Gasteiger partial charge is 0.455 e. The Morgan fingerprint density at radius 2 is 1.77 bits per heavy atom. The Hall–Kier alpha value is -2.92. The summed E-state index contributed by atoms with van der Waals surface area (Å²) in [4.78, 5) is 11.5. The first-order valence-electron chi connectivity index (χ1n) is 8.73. The van der Waals surface area contributed by atoms with Gasteiger partial charge in [-0.15, -0.1) is 11.3 Å². The number of rotatable bonds is 4. The average molecular weight is 359 g/mol. The number of hydrogen-bond acceptors (Lipinski definition) is 5. The molecule has 0 spiro atoms. The van der Waals surface area contributed by atoms with E-state index in [0.717, 1.165) is 40.7 Å². The van der Waals surface area contributed by atoms with Gasteiger partial charge < -0.3 is 10.1 Å². The molecule has 0 atom stereocenters. The third-order valence-electron chi connectivity index (χ3n) is 4.61. The molecule has 0 bridgehead atoms. The number of para-hydroxylation sites is 3. The Morgan fingerprint density at radius 1 is 0.923 bits per heavy atom. The van der Waals surface area contributed by atoms with Gasteiger partial charge in [-0.05, 0) is 49.1 Å². The molecule has 2 heterocycles. The molecule has 1 N–H and O–H groups in total. The van der Waals surface area contributed by atoms with Gasteiger partial charge in [0.05, 0.1) is 11.1 Å². The molecule has 5 heteroatoms. The lowest BCUT2D eigenvalue weighted by atomic mass is 10.2. The van der Waals surface area contributed by atoms with Gasteiger partial charge in [-0.25, -0.2) is 9.97 Å². The minimum atomic E-state index is 0.775. The molecule has 0 aliphatic heterocycles. The monoisotopic (exact) mass is 359 g/mol. The van der Waals surface area contributed by atoms with E-state index < -0.39 is 0 Å². The molecule has 5 rings (SSSR count). The van der Waals surface area contributed by atoms with Crippen molar-refractivity contribution in [2.45, 2.75) is 19.3 Å². The summed E-state index contributed by atoms with van der Waals surface area (Å²) in [5.41, 5.74) is 2.31. The van der Waals surface area contributed by atoms with Crippen LogP contribution < -0.4 is 10.1 Å². The first-order valence-corrected chi connectivity index (χ1v) is 9.54. The highest BCUT2D eigenvalue weighted by Gasteiger charge is 2.21. The van der Waals surface area contributed by atoms with Gasteiger partial charge in [0.2, 0.25) is 0 Å². The fraction of sp³-hybridized carbons (Fsp3) is 0.143. The molecule has 2 aromatic carbocycles. The van der Waals surface area contributed by atoms with Gasteiger partial charge in [0, 0.05) is 4.88 Å². The molecular weight excluding hydrogens is 342 g/mol. The van der Waals surface area contributed by atoms with Crippen molar-refractivity contribution in [2.24, 2.45) is 0 Å². The number of hydrogen-bond donors (Lipinski definition) is 1. The minimum Gasteiger partial charge on any atom is -0.455 e. The fourth-order valence-corrected chi connectivity index (χ4v) is 4.65. The Kier molecular flexibility index (Phi) is 3.79. The molecule has 128 valence electrons. The number of nitrogens with one attached hydrogen (secondary N) is 1. The van der Waals surface area contributed by atoms with Gasteiger partial charge in [-0.1, -0.05) is 30.3 Å². The van der Waals surface area contributed by atoms with E-state index in [1.165, 1.54) is 22.2 Å². The smallest absolute Gasteiger partial charge is 0.150 e. The number of benzene rings is 2. The molecule has 1 aliphatic rings. The number of thiophene rings is 1. The van der Waals surface area contributed by atoms with E-state index in [-0.39, 0.29) is 0 Å². The third kappa shape index (κ3) is 2.70.